The van der Waals surface area contributed by atoms with E-state index in [9.17, 15) is 4.79 Å². The molecule has 2 atom stereocenters. The molecule has 0 spiro atoms. The number of carbonyl (C=O) groups excluding carboxylic acids is 1. The molecule has 104 valence electrons. The third-order valence-corrected chi connectivity index (χ3v) is 4.87. The summed E-state index contributed by atoms with van der Waals surface area (Å²) in [7, 11) is 0. The van der Waals surface area contributed by atoms with Gasteiger partial charge in [0.1, 0.15) is 6.17 Å². The third-order valence-electron chi connectivity index (χ3n) is 3.82. The van der Waals surface area contributed by atoms with Gasteiger partial charge in [0.15, 0.2) is 0 Å². The molecular weight excluding hydrogens is 260 g/mol. The van der Waals surface area contributed by atoms with E-state index in [-0.39, 0.29) is 12.1 Å². The molecule has 5 heteroatoms. The molecule has 0 bridgehead atoms. The summed E-state index contributed by atoms with van der Waals surface area (Å²) < 4.78 is 5.52. The number of thiophene rings is 1. The van der Waals surface area contributed by atoms with E-state index in [0.717, 1.165) is 26.2 Å². The van der Waals surface area contributed by atoms with Crippen LogP contribution in [0.2, 0.25) is 0 Å². The predicted molar refractivity (Wildman–Crippen MR) is 75.1 cm³/mol. The lowest BCUT2D eigenvalue weighted by atomic mass is 10.0. The molecule has 1 amide bonds. The Morgan fingerprint density at radius 2 is 2.42 bits per heavy atom. The first-order valence-electron chi connectivity index (χ1n) is 6.91. The average molecular weight is 280 g/mol. The maximum atomic E-state index is 12.1. The van der Waals surface area contributed by atoms with Gasteiger partial charge in [0, 0.05) is 28.8 Å². The molecule has 3 rings (SSSR count). The van der Waals surface area contributed by atoms with Gasteiger partial charge in [-0.05, 0) is 31.9 Å². The number of rotatable bonds is 3. The molecule has 2 saturated heterocycles. The zero-order valence-corrected chi connectivity index (χ0v) is 12.0. The molecule has 3 heterocycles. The van der Waals surface area contributed by atoms with E-state index < -0.39 is 0 Å². The summed E-state index contributed by atoms with van der Waals surface area (Å²) >= 11 is 1.77. The van der Waals surface area contributed by atoms with Gasteiger partial charge < -0.3 is 9.64 Å². The number of hydrogen-bond donors (Lipinski definition) is 1. The van der Waals surface area contributed by atoms with Crippen LogP contribution in [0.5, 0.6) is 0 Å². The number of aryl methyl sites for hydroxylation is 1. The summed E-state index contributed by atoms with van der Waals surface area (Å²) in [5, 5.41) is 3.32. The van der Waals surface area contributed by atoms with Crippen molar-refractivity contribution in [2.24, 2.45) is 5.92 Å². The number of ether oxygens (including phenoxy) is 1. The molecule has 2 fully saturated rings. The van der Waals surface area contributed by atoms with Crippen LogP contribution in [-0.4, -0.2) is 37.1 Å². The highest BCUT2D eigenvalue weighted by Crippen LogP contribution is 2.30. The van der Waals surface area contributed by atoms with Crippen LogP contribution in [0.15, 0.2) is 12.1 Å². The number of amides is 1. The first-order chi connectivity index (χ1) is 9.24. The van der Waals surface area contributed by atoms with Gasteiger partial charge in [0.2, 0.25) is 5.91 Å². The third kappa shape index (κ3) is 2.83. The van der Waals surface area contributed by atoms with E-state index in [1.54, 1.807) is 11.3 Å². The lowest BCUT2D eigenvalue weighted by Crippen LogP contribution is -2.37. The highest BCUT2D eigenvalue weighted by atomic mass is 32.1. The zero-order chi connectivity index (χ0) is 13.2. The SMILES string of the molecule is Cc1ccc(C2NCC(=O)N2CC2CCCOC2)s1. The highest BCUT2D eigenvalue weighted by Gasteiger charge is 2.34. The van der Waals surface area contributed by atoms with Crippen LogP contribution in [-0.2, 0) is 9.53 Å². The van der Waals surface area contributed by atoms with Crippen LogP contribution in [0, 0.1) is 12.8 Å². The molecule has 1 aromatic heterocycles. The van der Waals surface area contributed by atoms with E-state index in [2.05, 4.69) is 24.4 Å². The van der Waals surface area contributed by atoms with Crippen molar-refractivity contribution in [1.82, 2.24) is 10.2 Å². The van der Waals surface area contributed by atoms with Crippen LogP contribution >= 0.6 is 11.3 Å². The topological polar surface area (TPSA) is 41.6 Å². The Kier molecular flexibility index (Phi) is 3.86. The van der Waals surface area contributed by atoms with Crippen LogP contribution in [0.1, 0.15) is 28.8 Å². The molecule has 1 aromatic rings. The highest BCUT2D eigenvalue weighted by molar-refractivity contribution is 7.12. The predicted octanol–water partition coefficient (Wildman–Crippen LogP) is 1.91. The van der Waals surface area contributed by atoms with Crippen LogP contribution in [0.3, 0.4) is 0 Å². The monoisotopic (exact) mass is 280 g/mol. The Hall–Kier alpha value is -0.910. The molecule has 19 heavy (non-hydrogen) atoms. The molecule has 4 nitrogen and oxygen atoms in total. The largest absolute Gasteiger partial charge is 0.381 e. The Morgan fingerprint density at radius 3 is 3.11 bits per heavy atom. The summed E-state index contributed by atoms with van der Waals surface area (Å²) in [5.41, 5.74) is 0. The molecule has 1 N–H and O–H groups in total. The summed E-state index contributed by atoms with van der Waals surface area (Å²) in [4.78, 5) is 16.6. The van der Waals surface area contributed by atoms with Gasteiger partial charge in [-0.25, -0.2) is 0 Å². The van der Waals surface area contributed by atoms with Crippen LogP contribution < -0.4 is 5.32 Å². The summed E-state index contributed by atoms with van der Waals surface area (Å²) in [6.07, 6.45) is 2.34. The van der Waals surface area contributed by atoms with Crippen molar-refractivity contribution in [3.05, 3.63) is 21.9 Å². The van der Waals surface area contributed by atoms with E-state index in [1.165, 1.54) is 16.2 Å². The second-order valence-electron chi connectivity index (χ2n) is 5.36. The Balaban J connectivity index is 1.71. The summed E-state index contributed by atoms with van der Waals surface area (Å²) in [6, 6.07) is 4.24. The molecule has 2 aliphatic heterocycles. The lowest BCUT2D eigenvalue weighted by Gasteiger charge is -2.30. The van der Waals surface area contributed by atoms with Gasteiger partial charge in [0.05, 0.1) is 13.2 Å². The van der Waals surface area contributed by atoms with Gasteiger partial charge in [-0.3, -0.25) is 10.1 Å². The van der Waals surface area contributed by atoms with Gasteiger partial charge in [0.25, 0.3) is 0 Å². The molecule has 0 aromatic carbocycles. The molecule has 0 radical (unpaired) electrons. The molecule has 2 aliphatic rings. The Bertz CT molecular complexity index is 454. The fourth-order valence-corrected chi connectivity index (χ4v) is 3.80. The van der Waals surface area contributed by atoms with E-state index in [0.29, 0.717) is 12.5 Å². The van der Waals surface area contributed by atoms with Crippen molar-refractivity contribution in [2.75, 3.05) is 26.3 Å². The van der Waals surface area contributed by atoms with Crippen molar-refractivity contribution < 1.29 is 9.53 Å². The van der Waals surface area contributed by atoms with Gasteiger partial charge >= 0.3 is 0 Å². The Morgan fingerprint density at radius 1 is 1.53 bits per heavy atom. The first kappa shape index (κ1) is 13.1. The quantitative estimate of drug-likeness (QED) is 0.919. The van der Waals surface area contributed by atoms with E-state index >= 15 is 0 Å². The molecular formula is C14H20N2O2S. The van der Waals surface area contributed by atoms with Crippen LogP contribution in [0.25, 0.3) is 0 Å². The van der Waals surface area contributed by atoms with Gasteiger partial charge in [-0.15, -0.1) is 11.3 Å². The number of carbonyl (C=O) groups is 1. The van der Waals surface area contributed by atoms with Gasteiger partial charge in [-0.1, -0.05) is 0 Å². The van der Waals surface area contributed by atoms with Crippen molar-refractivity contribution in [3.63, 3.8) is 0 Å². The smallest absolute Gasteiger partial charge is 0.238 e. The number of hydrogen-bond acceptors (Lipinski definition) is 4. The minimum atomic E-state index is 0.0631. The standard InChI is InChI=1S/C14H20N2O2S/c1-10-4-5-12(19-10)14-15-7-13(17)16(14)8-11-3-2-6-18-9-11/h4-5,11,14-15H,2-3,6-9H2,1H3. The molecule has 0 saturated carbocycles. The molecule has 2 unspecified atom stereocenters. The fourth-order valence-electron chi connectivity index (χ4n) is 2.83. The molecule has 0 aliphatic carbocycles. The fraction of sp³-hybridized carbons (Fsp3) is 0.643. The lowest BCUT2D eigenvalue weighted by molar-refractivity contribution is -0.129. The maximum absolute atomic E-state index is 12.1. The Labute approximate surface area is 117 Å². The maximum Gasteiger partial charge on any atom is 0.238 e. The zero-order valence-electron chi connectivity index (χ0n) is 11.2. The second-order valence-corrected chi connectivity index (χ2v) is 6.68. The van der Waals surface area contributed by atoms with E-state index in [1.807, 2.05) is 4.90 Å². The summed E-state index contributed by atoms with van der Waals surface area (Å²) in [6.45, 7) is 5.03. The summed E-state index contributed by atoms with van der Waals surface area (Å²) in [5.74, 6) is 0.697. The van der Waals surface area contributed by atoms with Crippen molar-refractivity contribution in [3.8, 4) is 0 Å². The van der Waals surface area contributed by atoms with Crippen molar-refractivity contribution in [2.45, 2.75) is 25.9 Å². The van der Waals surface area contributed by atoms with Crippen molar-refractivity contribution >= 4 is 17.2 Å². The minimum Gasteiger partial charge on any atom is -0.381 e. The number of nitrogens with one attached hydrogen (secondary N) is 1. The number of nitrogens with zero attached hydrogens (tertiary/aromatic N) is 1. The van der Waals surface area contributed by atoms with Gasteiger partial charge in [-0.2, -0.15) is 0 Å². The van der Waals surface area contributed by atoms with Crippen molar-refractivity contribution in [1.29, 1.82) is 0 Å². The van der Waals surface area contributed by atoms with E-state index in [4.69, 9.17) is 4.74 Å². The van der Waals surface area contributed by atoms with Crippen LogP contribution in [0.4, 0.5) is 0 Å². The minimum absolute atomic E-state index is 0.0631. The normalized spacial score (nSPS) is 28.1. The second kappa shape index (κ2) is 5.61. The first-order valence-corrected chi connectivity index (χ1v) is 7.72. The average Bonchev–Trinajstić information content (AvgIpc) is 2.99.